The molecule has 1 aliphatic rings. The molecule has 2 rings (SSSR count). The third kappa shape index (κ3) is 3.19. The second-order valence-electron chi connectivity index (χ2n) is 4.64. The lowest BCUT2D eigenvalue weighted by Gasteiger charge is -2.33. The molecule has 1 aromatic heterocycles. The lowest BCUT2D eigenvalue weighted by molar-refractivity contribution is 0.264. The minimum absolute atomic E-state index is 0.804. The number of hydrogen-bond acceptors (Lipinski definition) is 2. The molecule has 94 valence electrons. The van der Waals surface area contributed by atoms with Gasteiger partial charge in [-0.25, -0.2) is 0 Å². The van der Waals surface area contributed by atoms with Gasteiger partial charge in [0.25, 0.3) is 0 Å². The van der Waals surface area contributed by atoms with Crippen LogP contribution in [0.1, 0.15) is 26.2 Å². The first-order valence-electron chi connectivity index (χ1n) is 6.24. The molecule has 0 aromatic carbocycles. The zero-order valence-corrected chi connectivity index (χ0v) is 11.3. The molecule has 1 saturated heterocycles. The quantitative estimate of drug-likeness (QED) is 0.818. The van der Waals surface area contributed by atoms with Crippen LogP contribution in [0.25, 0.3) is 0 Å². The van der Waals surface area contributed by atoms with E-state index in [4.69, 9.17) is 12.2 Å². The van der Waals surface area contributed by atoms with Crippen LogP contribution in [0.2, 0.25) is 0 Å². The molecule has 0 radical (unpaired) electrons. The van der Waals surface area contributed by atoms with E-state index in [1.807, 2.05) is 19.3 Å². The number of aromatic nitrogens is 2. The van der Waals surface area contributed by atoms with Gasteiger partial charge in [0.1, 0.15) is 0 Å². The molecule has 4 nitrogen and oxygen atoms in total. The average molecular weight is 252 g/mol. The Labute approximate surface area is 108 Å². The number of nitrogens with one attached hydrogen (secondary N) is 1. The largest absolute Gasteiger partial charge is 0.349 e. The Morgan fingerprint density at radius 1 is 1.53 bits per heavy atom. The highest BCUT2D eigenvalue weighted by molar-refractivity contribution is 7.80. The molecule has 1 aromatic rings. The fourth-order valence-corrected chi connectivity index (χ4v) is 2.50. The standard InChI is InChI=1S/C12H20N4S/c1-3-10-4-8-16(9-5-10)12(17)13-11-6-7-15(2)14-11/h6-7,10H,3-5,8-9H2,1-2H3,(H,13,14,17). The van der Waals surface area contributed by atoms with Gasteiger partial charge in [-0.3, -0.25) is 4.68 Å². The molecule has 2 heterocycles. The average Bonchev–Trinajstić information content (AvgIpc) is 2.75. The lowest BCUT2D eigenvalue weighted by Crippen LogP contribution is -2.40. The number of anilines is 1. The molecule has 1 fully saturated rings. The summed E-state index contributed by atoms with van der Waals surface area (Å²) in [4.78, 5) is 2.25. The van der Waals surface area contributed by atoms with E-state index in [0.29, 0.717) is 0 Å². The highest BCUT2D eigenvalue weighted by Crippen LogP contribution is 2.20. The summed E-state index contributed by atoms with van der Waals surface area (Å²) in [6.45, 7) is 4.40. The van der Waals surface area contributed by atoms with Crippen molar-refractivity contribution >= 4 is 23.1 Å². The Balaban J connectivity index is 1.85. The van der Waals surface area contributed by atoms with Gasteiger partial charge < -0.3 is 10.2 Å². The molecule has 5 heteroatoms. The number of piperidine rings is 1. The van der Waals surface area contributed by atoms with Gasteiger partial charge in [0.05, 0.1) is 0 Å². The number of nitrogens with zero attached hydrogens (tertiary/aromatic N) is 3. The van der Waals surface area contributed by atoms with Crippen LogP contribution in [0.3, 0.4) is 0 Å². The fourth-order valence-electron chi connectivity index (χ4n) is 2.21. The summed E-state index contributed by atoms with van der Waals surface area (Å²) >= 11 is 5.41. The van der Waals surface area contributed by atoms with Crippen LogP contribution >= 0.6 is 12.2 Å². The van der Waals surface area contributed by atoms with Gasteiger partial charge in [-0.2, -0.15) is 5.10 Å². The highest BCUT2D eigenvalue weighted by atomic mass is 32.1. The molecule has 0 unspecified atom stereocenters. The summed E-state index contributed by atoms with van der Waals surface area (Å²) in [7, 11) is 1.90. The monoisotopic (exact) mass is 252 g/mol. The van der Waals surface area contributed by atoms with Crippen molar-refractivity contribution in [3.63, 3.8) is 0 Å². The molecule has 0 bridgehead atoms. The van der Waals surface area contributed by atoms with E-state index in [1.54, 1.807) is 4.68 Å². The number of aryl methyl sites for hydroxylation is 1. The van der Waals surface area contributed by atoms with Gasteiger partial charge in [0, 0.05) is 32.4 Å². The summed E-state index contributed by atoms with van der Waals surface area (Å²) in [6, 6.07) is 1.94. The molecule has 0 saturated carbocycles. The predicted octanol–water partition coefficient (Wildman–Crippen LogP) is 2.24. The highest BCUT2D eigenvalue weighted by Gasteiger charge is 2.19. The van der Waals surface area contributed by atoms with Crippen LogP contribution in [-0.2, 0) is 7.05 Å². The Hall–Kier alpha value is -1.10. The van der Waals surface area contributed by atoms with Gasteiger partial charge >= 0.3 is 0 Å². The zero-order chi connectivity index (χ0) is 12.3. The van der Waals surface area contributed by atoms with Gasteiger partial charge in [0.2, 0.25) is 0 Å². The summed E-state index contributed by atoms with van der Waals surface area (Å²) in [5.74, 6) is 1.71. The van der Waals surface area contributed by atoms with E-state index in [0.717, 1.165) is 29.9 Å². The first-order valence-corrected chi connectivity index (χ1v) is 6.65. The maximum Gasteiger partial charge on any atom is 0.174 e. The van der Waals surface area contributed by atoms with E-state index in [2.05, 4.69) is 22.2 Å². The zero-order valence-electron chi connectivity index (χ0n) is 10.5. The van der Waals surface area contributed by atoms with E-state index in [9.17, 15) is 0 Å². The van der Waals surface area contributed by atoms with Crippen molar-refractivity contribution in [2.75, 3.05) is 18.4 Å². The van der Waals surface area contributed by atoms with E-state index < -0.39 is 0 Å². The molecular weight excluding hydrogens is 232 g/mol. The smallest absolute Gasteiger partial charge is 0.174 e. The van der Waals surface area contributed by atoms with Crippen molar-refractivity contribution in [2.45, 2.75) is 26.2 Å². The molecule has 17 heavy (non-hydrogen) atoms. The van der Waals surface area contributed by atoms with Crippen LogP contribution in [0, 0.1) is 5.92 Å². The van der Waals surface area contributed by atoms with Crippen molar-refractivity contribution in [3.05, 3.63) is 12.3 Å². The van der Waals surface area contributed by atoms with E-state index in [1.165, 1.54) is 19.3 Å². The van der Waals surface area contributed by atoms with E-state index >= 15 is 0 Å². The van der Waals surface area contributed by atoms with Gasteiger partial charge in [-0.15, -0.1) is 0 Å². The molecule has 0 spiro atoms. The van der Waals surface area contributed by atoms with Crippen molar-refractivity contribution < 1.29 is 0 Å². The van der Waals surface area contributed by atoms with Crippen LogP contribution in [0.5, 0.6) is 0 Å². The minimum Gasteiger partial charge on any atom is -0.349 e. The maximum absolute atomic E-state index is 5.41. The van der Waals surface area contributed by atoms with Gasteiger partial charge in [-0.1, -0.05) is 13.3 Å². The maximum atomic E-state index is 5.41. The predicted molar refractivity (Wildman–Crippen MR) is 74.0 cm³/mol. The second-order valence-corrected chi connectivity index (χ2v) is 5.03. The molecule has 0 amide bonds. The molecule has 1 N–H and O–H groups in total. The summed E-state index contributed by atoms with van der Waals surface area (Å²) in [5, 5.41) is 8.26. The van der Waals surface area contributed by atoms with Crippen molar-refractivity contribution in [3.8, 4) is 0 Å². The first kappa shape index (κ1) is 12.4. The van der Waals surface area contributed by atoms with Crippen molar-refractivity contribution in [2.24, 2.45) is 13.0 Å². The Kier molecular flexibility index (Phi) is 3.99. The number of thiocarbonyl (C=S) groups is 1. The Morgan fingerprint density at radius 2 is 2.24 bits per heavy atom. The first-order chi connectivity index (χ1) is 8.19. The lowest BCUT2D eigenvalue weighted by atomic mass is 9.95. The van der Waals surface area contributed by atoms with Gasteiger partial charge in [-0.05, 0) is 31.0 Å². The summed E-state index contributed by atoms with van der Waals surface area (Å²) in [5.41, 5.74) is 0. The SMILES string of the molecule is CCC1CCN(C(=S)Nc2ccn(C)n2)CC1. The third-order valence-electron chi connectivity index (χ3n) is 3.43. The number of likely N-dealkylation sites (tertiary alicyclic amines) is 1. The van der Waals surface area contributed by atoms with Crippen LogP contribution in [-0.4, -0.2) is 32.9 Å². The van der Waals surface area contributed by atoms with Gasteiger partial charge in [0.15, 0.2) is 10.9 Å². The summed E-state index contributed by atoms with van der Waals surface area (Å²) < 4.78 is 1.77. The minimum atomic E-state index is 0.804. The van der Waals surface area contributed by atoms with Crippen LogP contribution < -0.4 is 5.32 Å². The summed E-state index contributed by atoms with van der Waals surface area (Å²) in [6.07, 6.45) is 5.70. The molecule has 0 atom stereocenters. The number of rotatable bonds is 2. The van der Waals surface area contributed by atoms with Crippen molar-refractivity contribution in [1.82, 2.24) is 14.7 Å². The Bertz CT molecular complexity index is 380. The number of hydrogen-bond donors (Lipinski definition) is 1. The fraction of sp³-hybridized carbons (Fsp3) is 0.667. The molecular formula is C12H20N4S. The topological polar surface area (TPSA) is 33.1 Å². The molecule has 1 aliphatic heterocycles. The Morgan fingerprint density at radius 3 is 2.76 bits per heavy atom. The third-order valence-corrected chi connectivity index (χ3v) is 3.79. The van der Waals surface area contributed by atoms with Crippen LogP contribution in [0.4, 0.5) is 5.82 Å². The molecule has 0 aliphatic carbocycles. The normalized spacial score (nSPS) is 17.2. The van der Waals surface area contributed by atoms with Crippen LogP contribution in [0.15, 0.2) is 12.3 Å². The van der Waals surface area contributed by atoms with E-state index in [-0.39, 0.29) is 0 Å². The second kappa shape index (κ2) is 5.49. The van der Waals surface area contributed by atoms with Crippen molar-refractivity contribution in [1.29, 1.82) is 0 Å².